The highest BCUT2D eigenvalue weighted by Gasteiger charge is 2.26. The average Bonchev–Trinajstić information content (AvgIpc) is 3.44. The van der Waals surface area contributed by atoms with Crippen LogP contribution in [0, 0.1) is 0 Å². The van der Waals surface area contributed by atoms with Crippen LogP contribution in [0.4, 0.5) is 5.95 Å². The Kier molecular flexibility index (Phi) is 5.92. The Balaban J connectivity index is 1.32. The number of rotatable bonds is 7. The summed E-state index contributed by atoms with van der Waals surface area (Å²) in [6, 6.07) is 5.93. The minimum absolute atomic E-state index is 0.0197. The molecule has 0 bridgehead atoms. The summed E-state index contributed by atoms with van der Waals surface area (Å²) in [4.78, 5) is 31.2. The molecule has 1 aliphatic heterocycles. The molecule has 28 heavy (non-hydrogen) atoms. The Morgan fingerprint density at radius 2 is 2.36 bits per heavy atom. The molecule has 1 atom stereocenters. The van der Waals surface area contributed by atoms with Crippen LogP contribution in [0.15, 0.2) is 40.3 Å². The van der Waals surface area contributed by atoms with Crippen LogP contribution in [0.3, 0.4) is 0 Å². The van der Waals surface area contributed by atoms with E-state index in [1.807, 2.05) is 29.8 Å². The van der Waals surface area contributed by atoms with Crippen LogP contribution in [0.5, 0.6) is 0 Å². The summed E-state index contributed by atoms with van der Waals surface area (Å²) in [6.45, 7) is 3.64. The lowest BCUT2D eigenvalue weighted by Crippen LogP contribution is -2.38. The highest BCUT2D eigenvalue weighted by atomic mass is 32.2. The van der Waals surface area contributed by atoms with Gasteiger partial charge < -0.3 is 15.2 Å². The van der Waals surface area contributed by atoms with Crippen molar-refractivity contribution in [3.63, 3.8) is 0 Å². The molecule has 1 fully saturated rings. The van der Waals surface area contributed by atoms with Gasteiger partial charge in [0.15, 0.2) is 0 Å². The number of hydrogen-bond donors (Lipinski definition) is 2. The molecule has 7 nitrogen and oxygen atoms in total. The van der Waals surface area contributed by atoms with Gasteiger partial charge in [0.2, 0.25) is 11.9 Å². The second-order valence-electron chi connectivity index (χ2n) is 6.54. The largest absolute Gasteiger partial charge is 0.360 e. The van der Waals surface area contributed by atoms with Gasteiger partial charge in [-0.1, -0.05) is 18.7 Å². The highest BCUT2D eigenvalue weighted by molar-refractivity contribution is 8.00. The summed E-state index contributed by atoms with van der Waals surface area (Å²) in [7, 11) is 0. The molecule has 4 heterocycles. The van der Waals surface area contributed by atoms with E-state index in [2.05, 4.69) is 37.1 Å². The molecular formula is C19H22N6OS2. The number of hydrogen-bond acceptors (Lipinski definition) is 7. The molecule has 9 heteroatoms. The first-order chi connectivity index (χ1) is 13.7. The molecule has 146 valence electrons. The fourth-order valence-corrected chi connectivity index (χ4v) is 4.94. The van der Waals surface area contributed by atoms with Crippen molar-refractivity contribution < 1.29 is 4.79 Å². The van der Waals surface area contributed by atoms with Gasteiger partial charge in [-0.2, -0.15) is 0 Å². The van der Waals surface area contributed by atoms with E-state index < -0.39 is 0 Å². The minimum atomic E-state index is 0.0197. The second kappa shape index (κ2) is 8.74. The number of nitrogens with one attached hydrogen (secondary N) is 2. The third-order valence-electron chi connectivity index (χ3n) is 4.49. The van der Waals surface area contributed by atoms with Gasteiger partial charge in [0.05, 0.1) is 23.5 Å². The van der Waals surface area contributed by atoms with Crippen molar-refractivity contribution in [1.29, 1.82) is 0 Å². The zero-order valence-electron chi connectivity index (χ0n) is 15.6. The zero-order valence-corrected chi connectivity index (χ0v) is 17.2. The Hall–Kier alpha value is -2.39. The van der Waals surface area contributed by atoms with Crippen molar-refractivity contribution in [2.45, 2.75) is 30.1 Å². The first kappa shape index (κ1) is 18.9. The molecule has 1 aliphatic rings. The van der Waals surface area contributed by atoms with Gasteiger partial charge in [0.25, 0.3) is 0 Å². The summed E-state index contributed by atoms with van der Waals surface area (Å²) in [5, 5.41) is 5.10. The van der Waals surface area contributed by atoms with E-state index in [9.17, 15) is 4.79 Å². The van der Waals surface area contributed by atoms with Crippen molar-refractivity contribution in [1.82, 2.24) is 25.3 Å². The summed E-state index contributed by atoms with van der Waals surface area (Å²) in [5.41, 5.74) is 2.68. The molecule has 3 aromatic rings. The number of nitrogens with zero attached hydrogens (tertiary/aromatic N) is 4. The lowest BCUT2D eigenvalue weighted by atomic mass is 10.2. The van der Waals surface area contributed by atoms with E-state index in [0.29, 0.717) is 18.9 Å². The van der Waals surface area contributed by atoms with Gasteiger partial charge in [-0.15, -0.1) is 11.3 Å². The van der Waals surface area contributed by atoms with Crippen molar-refractivity contribution in [3.8, 4) is 11.4 Å². The molecule has 4 rings (SSSR count). The monoisotopic (exact) mass is 414 g/mol. The van der Waals surface area contributed by atoms with Crippen molar-refractivity contribution in [2.75, 3.05) is 23.7 Å². The Morgan fingerprint density at radius 1 is 1.43 bits per heavy atom. The molecule has 3 aromatic heterocycles. The number of carbonyl (C=O) groups is 1. The Morgan fingerprint density at radius 3 is 3.18 bits per heavy atom. The van der Waals surface area contributed by atoms with E-state index in [0.717, 1.165) is 40.1 Å². The number of amides is 1. The molecule has 1 saturated heterocycles. The van der Waals surface area contributed by atoms with E-state index in [1.165, 1.54) is 0 Å². The standard InChI is InChI=1S/C19H22N6OS2/c1-2-27-19-23-14(12-28-19)10-17(26)22-13-6-9-25(11-13)18-21-8-5-16(24-18)15-4-3-7-20-15/h3-5,7-8,12-13,20H,2,6,9-11H2,1H3,(H,22,26). The molecule has 0 aliphatic carbocycles. The summed E-state index contributed by atoms with van der Waals surface area (Å²) < 4.78 is 1.02. The van der Waals surface area contributed by atoms with Gasteiger partial charge in [-0.25, -0.2) is 15.0 Å². The van der Waals surface area contributed by atoms with E-state index >= 15 is 0 Å². The van der Waals surface area contributed by atoms with Gasteiger partial charge in [-0.3, -0.25) is 4.79 Å². The maximum absolute atomic E-state index is 12.4. The molecule has 1 unspecified atom stereocenters. The predicted molar refractivity (Wildman–Crippen MR) is 113 cm³/mol. The normalized spacial score (nSPS) is 16.5. The van der Waals surface area contributed by atoms with Crippen molar-refractivity contribution >= 4 is 35.0 Å². The first-order valence-corrected chi connectivity index (χ1v) is 11.2. The fourth-order valence-electron chi connectivity index (χ4n) is 3.20. The predicted octanol–water partition coefficient (Wildman–Crippen LogP) is 2.98. The smallest absolute Gasteiger partial charge is 0.226 e. The second-order valence-corrected chi connectivity index (χ2v) is 8.91. The van der Waals surface area contributed by atoms with Crippen LogP contribution in [-0.2, 0) is 11.2 Å². The average molecular weight is 415 g/mol. The minimum Gasteiger partial charge on any atom is -0.360 e. The van der Waals surface area contributed by atoms with Gasteiger partial charge in [-0.05, 0) is 30.4 Å². The molecule has 0 aromatic carbocycles. The summed E-state index contributed by atoms with van der Waals surface area (Å²) >= 11 is 3.31. The molecule has 2 N–H and O–H groups in total. The summed E-state index contributed by atoms with van der Waals surface area (Å²) in [5.74, 6) is 1.71. The van der Waals surface area contributed by atoms with Crippen LogP contribution < -0.4 is 10.2 Å². The number of aromatic nitrogens is 4. The van der Waals surface area contributed by atoms with Crippen LogP contribution >= 0.6 is 23.1 Å². The third-order valence-corrected chi connectivity index (χ3v) is 6.45. The van der Waals surface area contributed by atoms with E-state index in [1.54, 1.807) is 29.3 Å². The van der Waals surface area contributed by atoms with Gasteiger partial charge in [0.1, 0.15) is 4.34 Å². The number of thiazole rings is 1. The maximum Gasteiger partial charge on any atom is 0.226 e. The quantitative estimate of drug-likeness (QED) is 0.578. The molecule has 1 amide bonds. The van der Waals surface area contributed by atoms with Crippen molar-refractivity contribution in [2.24, 2.45) is 0 Å². The SMILES string of the molecule is CCSc1nc(CC(=O)NC2CCN(c3nccc(-c4ccc[nH]4)n3)C2)cs1. The van der Waals surface area contributed by atoms with Gasteiger partial charge >= 0.3 is 0 Å². The molecule has 0 spiro atoms. The topological polar surface area (TPSA) is 86.8 Å². The Bertz CT molecular complexity index is 926. The number of anilines is 1. The third kappa shape index (κ3) is 4.53. The maximum atomic E-state index is 12.4. The lowest BCUT2D eigenvalue weighted by molar-refractivity contribution is -0.121. The Labute approximate surface area is 172 Å². The van der Waals surface area contributed by atoms with E-state index in [-0.39, 0.29) is 11.9 Å². The van der Waals surface area contributed by atoms with E-state index in [4.69, 9.17) is 0 Å². The van der Waals surface area contributed by atoms with Gasteiger partial charge in [0, 0.05) is 36.9 Å². The fraction of sp³-hybridized carbons (Fsp3) is 0.368. The summed E-state index contributed by atoms with van der Waals surface area (Å²) in [6.07, 6.45) is 4.87. The van der Waals surface area contributed by atoms with Crippen LogP contribution in [0.25, 0.3) is 11.4 Å². The van der Waals surface area contributed by atoms with Crippen LogP contribution in [-0.4, -0.2) is 50.7 Å². The van der Waals surface area contributed by atoms with Crippen molar-refractivity contribution in [3.05, 3.63) is 41.7 Å². The molecule has 0 radical (unpaired) electrons. The number of carbonyl (C=O) groups excluding carboxylic acids is 1. The first-order valence-electron chi connectivity index (χ1n) is 9.29. The van der Waals surface area contributed by atoms with Crippen LogP contribution in [0.1, 0.15) is 19.0 Å². The zero-order chi connectivity index (χ0) is 19.3. The number of thioether (sulfide) groups is 1. The van der Waals surface area contributed by atoms with Crippen LogP contribution in [0.2, 0.25) is 0 Å². The highest BCUT2D eigenvalue weighted by Crippen LogP contribution is 2.23. The number of aromatic amines is 1. The molecular weight excluding hydrogens is 392 g/mol. The number of H-pyrrole nitrogens is 1. The lowest BCUT2D eigenvalue weighted by Gasteiger charge is -2.17. The molecule has 0 saturated carbocycles.